The Morgan fingerprint density at radius 2 is 1.81 bits per heavy atom. The van der Waals surface area contributed by atoms with E-state index in [9.17, 15) is 14.0 Å². The molecule has 5 nitrogen and oxygen atoms in total. The van der Waals surface area contributed by atoms with Crippen LogP contribution >= 0.6 is 0 Å². The third-order valence-electron chi connectivity index (χ3n) is 4.04. The molecule has 0 fully saturated rings. The van der Waals surface area contributed by atoms with Crippen molar-refractivity contribution >= 4 is 11.8 Å². The Kier molecular flexibility index (Phi) is 7.79. The highest BCUT2D eigenvalue weighted by Crippen LogP contribution is 2.17. The maximum atomic E-state index is 12.9. The van der Waals surface area contributed by atoms with Crippen molar-refractivity contribution in [1.82, 2.24) is 10.2 Å². The summed E-state index contributed by atoms with van der Waals surface area (Å²) in [5.41, 5.74) is 1.35. The van der Waals surface area contributed by atoms with Crippen LogP contribution in [0, 0.1) is 5.82 Å². The van der Waals surface area contributed by atoms with Crippen LogP contribution in [0.4, 0.5) is 4.39 Å². The molecule has 2 aromatic rings. The van der Waals surface area contributed by atoms with E-state index in [-0.39, 0.29) is 17.6 Å². The van der Waals surface area contributed by atoms with Gasteiger partial charge < -0.3 is 15.0 Å². The van der Waals surface area contributed by atoms with Crippen molar-refractivity contribution in [2.45, 2.75) is 26.3 Å². The predicted molar refractivity (Wildman–Crippen MR) is 102 cm³/mol. The highest BCUT2D eigenvalue weighted by Gasteiger charge is 2.12. The van der Waals surface area contributed by atoms with Gasteiger partial charge in [-0.15, -0.1) is 0 Å². The van der Waals surface area contributed by atoms with Gasteiger partial charge in [-0.05, 0) is 43.2 Å². The second-order valence-electron chi connectivity index (χ2n) is 6.16. The van der Waals surface area contributed by atoms with Crippen LogP contribution in [0.2, 0.25) is 0 Å². The fourth-order valence-electron chi connectivity index (χ4n) is 2.62. The largest absolute Gasteiger partial charge is 0.493 e. The maximum Gasteiger partial charge on any atom is 0.255 e. The van der Waals surface area contributed by atoms with Gasteiger partial charge in [0.2, 0.25) is 5.91 Å². The predicted octanol–water partition coefficient (Wildman–Crippen LogP) is 3.39. The topological polar surface area (TPSA) is 58.6 Å². The molecule has 2 amide bonds. The van der Waals surface area contributed by atoms with Gasteiger partial charge in [0.1, 0.15) is 11.6 Å². The molecule has 0 bridgehead atoms. The van der Waals surface area contributed by atoms with Crippen LogP contribution in [0.3, 0.4) is 0 Å². The third-order valence-corrected chi connectivity index (χ3v) is 4.04. The summed E-state index contributed by atoms with van der Waals surface area (Å²) < 4.78 is 18.4. The van der Waals surface area contributed by atoms with E-state index >= 15 is 0 Å². The van der Waals surface area contributed by atoms with Gasteiger partial charge in [-0.25, -0.2) is 4.39 Å². The van der Waals surface area contributed by atoms with Gasteiger partial charge in [-0.3, -0.25) is 9.59 Å². The minimum atomic E-state index is -0.297. The molecule has 2 rings (SSSR count). The summed E-state index contributed by atoms with van der Waals surface area (Å²) in [5.74, 6) is 0.0106. The molecule has 0 aliphatic carbocycles. The number of hydrogen-bond acceptors (Lipinski definition) is 3. The van der Waals surface area contributed by atoms with E-state index in [0.29, 0.717) is 43.9 Å². The SMILES string of the molecule is CCOc1ccccc1C(=O)NCCCC(=O)N(C)Cc1ccc(F)cc1. The number of halogens is 1. The second-order valence-corrected chi connectivity index (χ2v) is 6.16. The molecule has 1 N–H and O–H groups in total. The first-order valence-electron chi connectivity index (χ1n) is 8.99. The standard InChI is InChI=1S/C21H25FN2O3/c1-3-27-19-8-5-4-7-18(19)21(26)23-14-6-9-20(25)24(2)15-16-10-12-17(22)13-11-16/h4-5,7-8,10-13H,3,6,9,14-15H2,1-2H3,(H,23,26). The van der Waals surface area contributed by atoms with Crippen LogP contribution in [-0.4, -0.2) is 36.9 Å². The summed E-state index contributed by atoms with van der Waals surface area (Å²) in [6.07, 6.45) is 0.861. The number of carbonyl (C=O) groups is 2. The lowest BCUT2D eigenvalue weighted by molar-refractivity contribution is -0.130. The lowest BCUT2D eigenvalue weighted by Gasteiger charge is -2.17. The molecule has 0 aromatic heterocycles. The lowest BCUT2D eigenvalue weighted by atomic mass is 10.2. The molecule has 0 atom stereocenters. The fourth-order valence-corrected chi connectivity index (χ4v) is 2.62. The van der Waals surface area contributed by atoms with E-state index in [4.69, 9.17) is 4.74 Å². The van der Waals surface area contributed by atoms with Crippen molar-refractivity contribution in [3.8, 4) is 5.75 Å². The first-order chi connectivity index (χ1) is 13.0. The van der Waals surface area contributed by atoms with Gasteiger partial charge in [0, 0.05) is 26.6 Å². The van der Waals surface area contributed by atoms with Gasteiger partial charge in [0.25, 0.3) is 5.91 Å². The Bertz CT molecular complexity index is 762. The van der Waals surface area contributed by atoms with E-state index in [1.165, 1.54) is 12.1 Å². The van der Waals surface area contributed by atoms with Crippen molar-refractivity contribution in [1.29, 1.82) is 0 Å². The molecule has 0 saturated carbocycles. The number of benzene rings is 2. The van der Waals surface area contributed by atoms with E-state index < -0.39 is 0 Å². The maximum absolute atomic E-state index is 12.9. The lowest BCUT2D eigenvalue weighted by Crippen LogP contribution is -2.29. The van der Waals surface area contributed by atoms with Gasteiger partial charge >= 0.3 is 0 Å². The number of nitrogens with zero attached hydrogens (tertiary/aromatic N) is 1. The highest BCUT2D eigenvalue weighted by molar-refractivity contribution is 5.96. The first kappa shape index (κ1) is 20.4. The normalized spacial score (nSPS) is 10.3. The summed E-state index contributed by atoms with van der Waals surface area (Å²) in [7, 11) is 1.71. The van der Waals surface area contributed by atoms with E-state index in [0.717, 1.165) is 5.56 Å². The third kappa shape index (κ3) is 6.40. The van der Waals surface area contributed by atoms with Gasteiger partial charge in [-0.2, -0.15) is 0 Å². The van der Waals surface area contributed by atoms with Gasteiger partial charge in [0.15, 0.2) is 0 Å². The number of carbonyl (C=O) groups excluding carboxylic acids is 2. The van der Waals surface area contributed by atoms with E-state index in [2.05, 4.69) is 5.32 Å². The van der Waals surface area contributed by atoms with Crippen LogP contribution < -0.4 is 10.1 Å². The molecule has 6 heteroatoms. The Labute approximate surface area is 159 Å². The summed E-state index contributed by atoms with van der Waals surface area (Å²) in [6, 6.07) is 13.1. The van der Waals surface area contributed by atoms with Crippen molar-refractivity contribution in [2.24, 2.45) is 0 Å². The molecular weight excluding hydrogens is 347 g/mol. The van der Waals surface area contributed by atoms with Crippen LogP contribution in [0.1, 0.15) is 35.7 Å². The quantitative estimate of drug-likeness (QED) is 0.687. The Hall–Kier alpha value is -2.89. The molecule has 0 heterocycles. The highest BCUT2D eigenvalue weighted by atomic mass is 19.1. The van der Waals surface area contributed by atoms with Crippen LogP contribution in [0.25, 0.3) is 0 Å². The Balaban J connectivity index is 1.75. The average molecular weight is 372 g/mol. The summed E-state index contributed by atoms with van der Waals surface area (Å²) in [4.78, 5) is 26.1. The Morgan fingerprint density at radius 1 is 1.11 bits per heavy atom. The van der Waals surface area contributed by atoms with Crippen LogP contribution in [0.5, 0.6) is 5.75 Å². The molecule has 2 aromatic carbocycles. The van der Waals surface area contributed by atoms with Crippen molar-refractivity contribution in [2.75, 3.05) is 20.2 Å². The number of amides is 2. The van der Waals surface area contributed by atoms with E-state index in [1.54, 1.807) is 42.3 Å². The van der Waals surface area contributed by atoms with Crippen molar-refractivity contribution < 1.29 is 18.7 Å². The van der Waals surface area contributed by atoms with E-state index in [1.807, 2.05) is 13.0 Å². The molecule has 27 heavy (non-hydrogen) atoms. The van der Waals surface area contributed by atoms with Crippen LogP contribution in [0.15, 0.2) is 48.5 Å². The molecule has 0 aliphatic rings. The van der Waals surface area contributed by atoms with Crippen molar-refractivity contribution in [3.05, 3.63) is 65.5 Å². The van der Waals surface area contributed by atoms with Gasteiger partial charge in [-0.1, -0.05) is 24.3 Å². The number of hydrogen-bond donors (Lipinski definition) is 1. The number of ether oxygens (including phenoxy) is 1. The Morgan fingerprint density at radius 3 is 2.52 bits per heavy atom. The number of para-hydroxylation sites is 1. The summed E-state index contributed by atoms with van der Waals surface area (Å²) in [5, 5.41) is 2.82. The molecule has 0 spiro atoms. The summed E-state index contributed by atoms with van der Waals surface area (Å²) >= 11 is 0. The van der Waals surface area contributed by atoms with Crippen molar-refractivity contribution in [3.63, 3.8) is 0 Å². The molecule has 0 aliphatic heterocycles. The fraction of sp³-hybridized carbons (Fsp3) is 0.333. The molecule has 0 radical (unpaired) electrons. The second kappa shape index (κ2) is 10.3. The number of nitrogens with one attached hydrogen (secondary N) is 1. The first-order valence-corrected chi connectivity index (χ1v) is 8.99. The number of rotatable bonds is 9. The zero-order valence-electron chi connectivity index (χ0n) is 15.7. The monoisotopic (exact) mass is 372 g/mol. The molecule has 144 valence electrons. The smallest absolute Gasteiger partial charge is 0.255 e. The minimum Gasteiger partial charge on any atom is -0.493 e. The average Bonchev–Trinajstić information content (AvgIpc) is 2.67. The molecular formula is C21H25FN2O3. The zero-order chi connectivity index (χ0) is 19.6. The van der Waals surface area contributed by atoms with Crippen LogP contribution in [-0.2, 0) is 11.3 Å². The minimum absolute atomic E-state index is 0.0247. The van der Waals surface area contributed by atoms with Gasteiger partial charge in [0.05, 0.1) is 12.2 Å². The molecule has 0 saturated heterocycles. The zero-order valence-corrected chi connectivity index (χ0v) is 15.7. The summed E-state index contributed by atoms with van der Waals surface area (Å²) in [6.45, 7) is 3.17. The molecule has 0 unspecified atom stereocenters.